The molecule has 0 bridgehead atoms. The van der Waals surface area contributed by atoms with E-state index in [1.165, 1.54) is 0 Å². The fraction of sp³-hybridized carbons (Fsp3) is 0.750. The van der Waals surface area contributed by atoms with Crippen LogP contribution < -0.4 is 0 Å². The minimum Gasteiger partial charge on any atom is -0.501 e. The molecule has 0 aromatic heterocycles. The zero-order valence-electron chi connectivity index (χ0n) is 6.79. The van der Waals surface area contributed by atoms with Gasteiger partial charge in [0.15, 0.2) is 0 Å². The Hall–Kier alpha value is -0.310. The van der Waals surface area contributed by atoms with Crippen molar-refractivity contribution in [3.8, 4) is 0 Å². The van der Waals surface area contributed by atoms with E-state index in [0.29, 0.717) is 5.92 Å². The summed E-state index contributed by atoms with van der Waals surface area (Å²) < 4.78 is 16.1. The van der Waals surface area contributed by atoms with Crippen LogP contribution in [0.25, 0.3) is 0 Å². The van der Waals surface area contributed by atoms with E-state index in [-0.39, 0.29) is 0 Å². The minimum absolute atomic E-state index is 0.520. The van der Waals surface area contributed by atoms with Gasteiger partial charge in [-0.25, -0.2) is 0 Å². The van der Waals surface area contributed by atoms with Gasteiger partial charge in [0, 0.05) is 28.2 Å². The van der Waals surface area contributed by atoms with Crippen molar-refractivity contribution in [3.63, 3.8) is 0 Å². The first-order chi connectivity index (χ1) is 5.33. The van der Waals surface area contributed by atoms with Gasteiger partial charge >= 0.3 is 0 Å². The summed E-state index contributed by atoms with van der Waals surface area (Å²) in [5.41, 5.74) is 0. The monoisotopic (exact) mass is 174 g/mol. The van der Waals surface area contributed by atoms with E-state index in [2.05, 4.69) is 0 Å². The molecule has 3 heteroatoms. The van der Waals surface area contributed by atoms with Gasteiger partial charge in [0.1, 0.15) is 0 Å². The van der Waals surface area contributed by atoms with Gasteiger partial charge in [0.05, 0.1) is 12.9 Å². The van der Waals surface area contributed by atoms with Crippen molar-refractivity contribution in [1.82, 2.24) is 0 Å². The first-order valence-corrected chi connectivity index (χ1v) is 5.39. The van der Waals surface area contributed by atoms with Crippen LogP contribution in [-0.2, 0) is 15.5 Å². The maximum absolute atomic E-state index is 10.9. The van der Waals surface area contributed by atoms with Crippen molar-refractivity contribution in [2.45, 2.75) is 13.3 Å². The van der Waals surface area contributed by atoms with Gasteiger partial charge in [0.25, 0.3) is 0 Å². The van der Waals surface area contributed by atoms with Gasteiger partial charge in [-0.15, -0.1) is 0 Å². The maximum Gasteiger partial charge on any atom is 0.0910 e. The van der Waals surface area contributed by atoms with E-state index in [1.54, 1.807) is 6.26 Å². The Bertz CT molecular complexity index is 165. The van der Waals surface area contributed by atoms with Crippen molar-refractivity contribution in [3.05, 3.63) is 12.3 Å². The third-order valence-electron chi connectivity index (χ3n) is 1.74. The Kier molecular flexibility index (Phi) is 3.63. The quantitative estimate of drug-likeness (QED) is 0.603. The molecule has 1 saturated heterocycles. The molecule has 2 unspecified atom stereocenters. The van der Waals surface area contributed by atoms with Crippen LogP contribution >= 0.6 is 0 Å². The van der Waals surface area contributed by atoms with Crippen LogP contribution in [0.4, 0.5) is 0 Å². The molecule has 0 N–H and O–H groups in total. The van der Waals surface area contributed by atoms with Gasteiger partial charge in [-0.2, -0.15) is 0 Å². The molecule has 0 amide bonds. The topological polar surface area (TPSA) is 26.3 Å². The Balaban J connectivity index is 2.13. The highest BCUT2D eigenvalue weighted by molar-refractivity contribution is 7.85. The lowest BCUT2D eigenvalue weighted by Gasteiger charge is -2.05. The van der Waals surface area contributed by atoms with Crippen LogP contribution in [-0.4, -0.2) is 22.3 Å². The Labute approximate surface area is 70.1 Å². The first kappa shape index (κ1) is 8.78. The lowest BCUT2D eigenvalue weighted by atomic mass is 10.1. The summed E-state index contributed by atoms with van der Waals surface area (Å²) in [4.78, 5) is 0. The van der Waals surface area contributed by atoms with Crippen LogP contribution in [0.2, 0.25) is 0 Å². The molecule has 2 nitrogen and oxygen atoms in total. The molecular weight excluding hydrogens is 160 g/mol. The summed E-state index contributed by atoms with van der Waals surface area (Å²) in [6.45, 7) is 2.66. The summed E-state index contributed by atoms with van der Waals surface area (Å²) >= 11 is 0. The predicted molar refractivity (Wildman–Crippen MR) is 46.7 cm³/mol. The molecule has 2 atom stereocenters. The highest BCUT2D eigenvalue weighted by atomic mass is 32.2. The van der Waals surface area contributed by atoms with Crippen LogP contribution in [0.15, 0.2) is 12.3 Å². The Morgan fingerprint density at radius 2 is 2.55 bits per heavy atom. The van der Waals surface area contributed by atoms with E-state index in [4.69, 9.17) is 4.74 Å². The molecule has 1 fully saturated rings. The second-order valence-corrected chi connectivity index (χ2v) is 4.39. The minimum atomic E-state index is -0.562. The largest absolute Gasteiger partial charge is 0.501 e. The molecule has 0 saturated carbocycles. The number of hydrogen-bond donors (Lipinski definition) is 0. The summed E-state index contributed by atoms with van der Waals surface area (Å²) in [6.07, 6.45) is 4.62. The van der Waals surface area contributed by atoms with Gasteiger partial charge in [0.2, 0.25) is 0 Å². The normalized spacial score (nSPS) is 31.4. The van der Waals surface area contributed by atoms with Crippen LogP contribution in [0.5, 0.6) is 0 Å². The van der Waals surface area contributed by atoms with Crippen molar-refractivity contribution in [2.24, 2.45) is 5.92 Å². The molecule has 0 aromatic carbocycles. The third-order valence-corrected chi connectivity index (χ3v) is 3.27. The molecular formula is C8H14O2S. The van der Waals surface area contributed by atoms with Gasteiger partial charge in [-0.3, -0.25) is 4.21 Å². The lowest BCUT2D eigenvalue weighted by molar-refractivity contribution is 0.205. The van der Waals surface area contributed by atoms with E-state index in [9.17, 15) is 4.21 Å². The van der Waals surface area contributed by atoms with E-state index in [1.807, 2.05) is 13.0 Å². The zero-order valence-corrected chi connectivity index (χ0v) is 7.60. The molecule has 11 heavy (non-hydrogen) atoms. The number of hydrogen-bond acceptors (Lipinski definition) is 2. The molecule has 1 heterocycles. The van der Waals surface area contributed by atoms with Gasteiger partial charge in [-0.1, -0.05) is 6.08 Å². The van der Waals surface area contributed by atoms with Gasteiger partial charge < -0.3 is 4.74 Å². The SMILES string of the molecule is C/C=C/OCC1CCS(=O)C1. The van der Waals surface area contributed by atoms with Crippen molar-refractivity contribution < 1.29 is 8.95 Å². The van der Waals surface area contributed by atoms with E-state index >= 15 is 0 Å². The fourth-order valence-corrected chi connectivity index (χ4v) is 2.70. The second kappa shape index (κ2) is 4.54. The van der Waals surface area contributed by atoms with Crippen LogP contribution in [0, 0.1) is 5.92 Å². The summed E-state index contributed by atoms with van der Waals surface area (Å²) in [6, 6.07) is 0. The molecule has 0 radical (unpaired) electrons. The first-order valence-electron chi connectivity index (χ1n) is 3.90. The second-order valence-electron chi connectivity index (χ2n) is 2.77. The summed E-state index contributed by atoms with van der Waals surface area (Å²) in [5.74, 6) is 2.22. The Morgan fingerprint density at radius 3 is 3.09 bits per heavy atom. The van der Waals surface area contributed by atoms with Crippen molar-refractivity contribution in [1.29, 1.82) is 0 Å². The smallest absolute Gasteiger partial charge is 0.0910 e. The molecule has 0 spiro atoms. The number of rotatable bonds is 3. The number of ether oxygens (including phenoxy) is 1. The lowest BCUT2D eigenvalue weighted by Crippen LogP contribution is -2.06. The molecule has 1 aliphatic rings. The molecule has 0 aromatic rings. The standard InChI is InChI=1S/C8H14O2S/c1-2-4-10-6-8-3-5-11(9)7-8/h2,4,8H,3,5-7H2,1H3/b4-2+. The average molecular weight is 174 g/mol. The average Bonchev–Trinajstić information content (AvgIpc) is 2.37. The van der Waals surface area contributed by atoms with E-state index < -0.39 is 10.8 Å². The van der Waals surface area contributed by atoms with Crippen molar-refractivity contribution in [2.75, 3.05) is 18.1 Å². The highest BCUT2D eigenvalue weighted by Crippen LogP contribution is 2.15. The van der Waals surface area contributed by atoms with Gasteiger partial charge in [-0.05, 0) is 13.3 Å². The zero-order chi connectivity index (χ0) is 8.10. The number of allylic oxidation sites excluding steroid dienone is 1. The van der Waals surface area contributed by atoms with Crippen LogP contribution in [0.1, 0.15) is 13.3 Å². The molecule has 0 aliphatic carbocycles. The van der Waals surface area contributed by atoms with Crippen molar-refractivity contribution >= 4 is 10.8 Å². The van der Waals surface area contributed by atoms with E-state index in [0.717, 1.165) is 24.5 Å². The highest BCUT2D eigenvalue weighted by Gasteiger charge is 2.20. The predicted octanol–water partition coefficient (Wildman–Crippen LogP) is 1.31. The molecule has 64 valence electrons. The summed E-state index contributed by atoms with van der Waals surface area (Å²) in [7, 11) is -0.562. The third kappa shape index (κ3) is 3.06. The maximum atomic E-state index is 10.9. The molecule has 1 rings (SSSR count). The van der Waals surface area contributed by atoms with Crippen LogP contribution in [0.3, 0.4) is 0 Å². The summed E-state index contributed by atoms with van der Waals surface area (Å²) in [5, 5.41) is 0. The molecule has 1 aliphatic heterocycles. The fourth-order valence-electron chi connectivity index (χ4n) is 1.15. The Morgan fingerprint density at radius 1 is 1.73 bits per heavy atom.